The Morgan fingerprint density at radius 3 is 2.91 bits per heavy atom. The first-order chi connectivity index (χ1) is 10.5. The zero-order valence-corrected chi connectivity index (χ0v) is 13.4. The lowest BCUT2D eigenvalue weighted by Crippen LogP contribution is -2.46. The maximum atomic E-state index is 11.0. The van der Waals surface area contributed by atoms with Gasteiger partial charge in [0.05, 0.1) is 11.9 Å². The molecule has 1 fully saturated rings. The average Bonchev–Trinajstić information content (AvgIpc) is 3.08. The molecule has 120 valence electrons. The minimum Gasteiger partial charge on any atom is -0.382 e. The minimum atomic E-state index is -0.940. The van der Waals surface area contributed by atoms with Gasteiger partial charge in [-0.3, -0.25) is 4.90 Å². The molecule has 1 unspecified atom stereocenters. The third-order valence-corrected chi connectivity index (χ3v) is 4.13. The highest BCUT2D eigenvalue weighted by molar-refractivity contribution is 5.11. The van der Waals surface area contributed by atoms with E-state index in [4.69, 9.17) is 4.52 Å². The maximum absolute atomic E-state index is 11.0. The molecule has 22 heavy (non-hydrogen) atoms. The Morgan fingerprint density at radius 2 is 2.27 bits per heavy atom. The summed E-state index contributed by atoms with van der Waals surface area (Å²) in [7, 11) is 0. The summed E-state index contributed by atoms with van der Waals surface area (Å²) in [5, 5.41) is 23.3. The van der Waals surface area contributed by atoms with Gasteiger partial charge in [-0.25, -0.2) is 4.68 Å². The highest BCUT2D eigenvalue weighted by Gasteiger charge is 2.37. The number of rotatable bonds is 4. The molecule has 0 aromatic carbocycles. The standard InChI is InChI=1S/C15H23N5O2/c1-11(2)20-9-14(16-18-20)15(21)5-4-6-19(10-15)8-13-7-12(3)22-17-13/h7,9,11,21H,4-6,8,10H2,1-3H3. The number of β-amino-alcohol motifs (C(OH)–C–C–N with tert-alkyl or cyclic N) is 1. The summed E-state index contributed by atoms with van der Waals surface area (Å²) in [6, 6.07) is 2.17. The first-order valence-electron chi connectivity index (χ1n) is 7.75. The predicted octanol–water partition coefficient (Wildman–Crippen LogP) is 1.64. The molecule has 3 rings (SSSR count). The van der Waals surface area contributed by atoms with Crippen molar-refractivity contribution in [3.63, 3.8) is 0 Å². The van der Waals surface area contributed by atoms with Gasteiger partial charge in [0.25, 0.3) is 0 Å². The molecule has 1 aliphatic heterocycles. The van der Waals surface area contributed by atoms with Crippen LogP contribution in [0.2, 0.25) is 0 Å². The van der Waals surface area contributed by atoms with Crippen LogP contribution in [0, 0.1) is 6.92 Å². The van der Waals surface area contributed by atoms with Gasteiger partial charge in [-0.2, -0.15) is 0 Å². The molecule has 0 saturated carbocycles. The molecular formula is C15H23N5O2. The highest BCUT2D eigenvalue weighted by Crippen LogP contribution is 2.31. The molecule has 7 heteroatoms. The Kier molecular flexibility index (Phi) is 4.01. The second-order valence-electron chi connectivity index (χ2n) is 6.45. The number of aryl methyl sites for hydroxylation is 1. The fourth-order valence-electron chi connectivity index (χ4n) is 2.93. The van der Waals surface area contributed by atoms with Crippen LogP contribution in [-0.2, 0) is 12.1 Å². The van der Waals surface area contributed by atoms with Crippen molar-refractivity contribution in [3.8, 4) is 0 Å². The number of aromatic nitrogens is 4. The van der Waals surface area contributed by atoms with Gasteiger partial charge in [0.2, 0.25) is 0 Å². The van der Waals surface area contributed by atoms with Gasteiger partial charge in [-0.15, -0.1) is 5.10 Å². The summed E-state index contributed by atoms with van der Waals surface area (Å²) in [6.45, 7) is 8.12. The number of aliphatic hydroxyl groups is 1. The van der Waals surface area contributed by atoms with E-state index in [-0.39, 0.29) is 6.04 Å². The van der Waals surface area contributed by atoms with Crippen LogP contribution in [0.1, 0.15) is 49.9 Å². The average molecular weight is 305 g/mol. The monoisotopic (exact) mass is 305 g/mol. The number of piperidine rings is 1. The first kappa shape index (κ1) is 15.2. The molecule has 0 amide bonds. The topological polar surface area (TPSA) is 80.2 Å². The lowest BCUT2D eigenvalue weighted by Gasteiger charge is -2.37. The van der Waals surface area contributed by atoms with Crippen LogP contribution in [0.25, 0.3) is 0 Å². The number of hydrogen-bond acceptors (Lipinski definition) is 6. The van der Waals surface area contributed by atoms with E-state index in [0.29, 0.717) is 25.2 Å². The molecule has 1 aliphatic rings. The Bertz CT molecular complexity index is 635. The lowest BCUT2D eigenvalue weighted by atomic mass is 9.90. The van der Waals surface area contributed by atoms with Gasteiger partial charge < -0.3 is 9.63 Å². The van der Waals surface area contributed by atoms with E-state index in [1.807, 2.05) is 33.0 Å². The Balaban J connectivity index is 1.72. The van der Waals surface area contributed by atoms with E-state index < -0.39 is 5.60 Å². The van der Waals surface area contributed by atoms with Crippen molar-refractivity contribution < 1.29 is 9.63 Å². The lowest BCUT2D eigenvalue weighted by molar-refractivity contribution is -0.0419. The number of nitrogens with zero attached hydrogens (tertiary/aromatic N) is 5. The second kappa shape index (κ2) is 5.81. The van der Waals surface area contributed by atoms with Gasteiger partial charge in [0.1, 0.15) is 17.1 Å². The maximum Gasteiger partial charge on any atom is 0.133 e. The first-order valence-corrected chi connectivity index (χ1v) is 7.75. The van der Waals surface area contributed by atoms with Crippen molar-refractivity contribution >= 4 is 0 Å². The molecule has 1 atom stereocenters. The molecule has 7 nitrogen and oxygen atoms in total. The smallest absolute Gasteiger partial charge is 0.133 e. The number of likely N-dealkylation sites (tertiary alicyclic amines) is 1. The fraction of sp³-hybridized carbons (Fsp3) is 0.667. The largest absolute Gasteiger partial charge is 0.382 e. The molecule has 2 aromatic heterocycles. The van der Waals surface area contributed by atoms with Crippen LogP contribution >= 0.6 is 0 Å². The van der Waals surface area contributed by atoms with Crippen LogP contribution in [0.15, 0.2) is 16.8 Å². The molecule has 0 aliphatic carbocycles. The minimum absolute atomic E-state index is 0.239. The van der Waals surface area contributed by atoms with Gasteiger partial charge in [-0.1, -0.05) is 10.4 Å². The number of hydrogen-bond donors (Lipinski definition) is 1. The zero-order chi connectivity index (χ0) is 15.7. The molecular weight excluding hydrogens is 282 g/mol. The van der Waals surface area contributed by atoms with Crippen molar-refractivity contribution in [1.29, 1.82) is 0 Å². The predicted molar refractivity (Wildman–Crippen MR) is 80.1 cm³/mol. The second-order valence-corrected chi connectivity index (χ2v) is 6.45. The fourth-order valence-corrected chi connectivity index (χ4v) is 2.93. The van der Waals surface area contributed by atoms with Crippen LogP contribution in [0.5, 0.6) is 0 Å². The van der Waals surface area contributed by atoms with Crippen molar-refractivity contribution in [2.75, 3.05) is 13.1 Å². The van der Waals surface area contributed by atoms with Gasteiger partial charge in [-0.05, 0) is 40.2 Å². The van der Waals surface area contributed by atoms with Crippen LogP contribution in [0.3, 0.4) is 0 Å². The Hall–Kier alpha value is -1.73. The summed E-state index contributed by atoms with van der Waals surface area (Å²) in [5.41, 5.74) is 0.610. The summed E-state index contributed by atoms with van der Waals surface area (Å²) < 4.78 is 6.89. The SMILES string of the molecule is Cc1cc(CN2CCCC(O)(c3cn(C(C)C)nn3)C2)no1. The van der Waals surface area contributed by atoms with Crippen molar-refractivity contribution in [2.45, 2.75) is 51.8 Å². The molecule has 1 N–H and O–H groups in total. The van der Waals surface area contributed by atoms with Gasteiger partial charge in [0.15, 0.2) is 0 Å². The molecule has 0 bridgehead atoms. The third kappa shape index (κ3) is 3.05. The van der Waals surface area contributed by atoms with Gasteiger partial charge in [0, 0.05) is 25.2 Å². The highest BCUT2D eigenvalue weighted by atomic mass is 16.5. The quantitative estimate of drug-likeness (QED) is 0.925. The Morgan fingerprint density at radius 1 is 1.45 bits per heavy atom. The molecule has 3 heterocycles. The Labute approximate surface area is 129 Å². The summed E-state index contributed by atoms with van der Waals surface area (Å²) in [5.74, 6) is 0.808. The van der Waals surface area contributed by atoms with Crippen LogP contribution in [-0.4, -0.2) is 43.2 Å². The van der Waals surface area contributed by atoms with E-state index in [9.17, 15) is 5.11 Å². The van der Waals surface area contributed by atoms with E-state index in [1.54, 1.807) is 4.68 Å². The summed E-state index contributed by atoms with van der Waals surface area (Å²) >= 11 is 0. The van der Waals surface area contributed by atoms with Gasteiger partial charge >= 0.3 is 0 Å². The zero-order valence-electron chi connectivity index (χ0n) is 13.4. The van der Waals surface area contributed by atoms with E-state index in [1.165, 1.54) is 0 Å². The van der Waals surface area contributed by atoms with E-state index >= 15 is 0 Å². The van der Waals surface area contributed by atoms with Crippen molar-refractivity contribution in [1.82, 2.24) is 25.1 Å². The molecule has 2 aromatic rings. The summed E-state index contributed by atoms with van der Waals surface area (Å²) in [6.07, 6.45) is 3.48. The molecule has 0 radical (unpaired) electrons. The van der Waals surface area contributed by atoms with E-state index in [2.05, 4.69) is 20.4 Å². The van der Waals surface area contributed by atoms with Crippen molar-refractivity contribution in [2.24, 2.45) is 0 Å². The molecule has 0 spiro atoms. The third-order valence-electron chi connectivity index (χ3n) is 4.13. The summed E-state index contributed by atoms with van der Waals surface area (Å²) in [4.78, 5) is 2.19. The van der Waals surface area contributed by atoms with Crippen molar-refractivity contribution in [3.05, 3.63) is 29.4 Å². The molecule has 1 saturated heterocycles. The van der Waals surface area contributed by atoms with E-state index in [0.717, 1.165) is 24.4 Å². The normalized spacial score (nSPS) is 23.3. The van der Waals surface area contributed by atoms with Crippen LogP contribution in [0.4, 0.5) is 0 Å². The van der Waals surface area contributed by atoms with Crippen LogP contribution < -0.4 is 0 Å².